The lowest BCUT2D eigenvalue weighted by atomic mass is 10.1. The first-order valence-electron chi connectivity index (χ1n) is 11.4. The number of halogens is 1. The fourth-order valence-electron chi connectivity index (χ4n) is 4.03. The fourth-order valence-corrected chi connectivity index (χ4v) is 4.93. The largest absolute Gasteiger partial charge is 0.349 e. The van der Waals surface area contributed by atoms with E-state index in [2.05, 4.69) is 37.1 Å². The molecular formula is C25H30ClN5OS. The molecule has 1 aromatic heterocycles. The number of hydrogen-bond acceptors (Lipinski definition) is 5. The number of benzene rings is 2. The van der Waals surface area contributed by atoms with Gasteiger partial charge in [0, 0.05) is 5.02 Å². The molecule has 0 bridgehead atoms. The predicted molar refractivity (Wildman–Crippen MR) is 133 cm³/mol. The van der Waals surface area contributed by atoms with Crippen LogP contribution in [-0.4, -0.2) is 44.4 Å². The number of likely N-dealkylation sites (tertiary alicyclic amines) is 1. The van der Waals surface area contributed by atoms with Crippen LogP contribution in [0, 0.1) is 0 Å². The average molecular weight is 484 g/mol. The summed E-state index contributed by atoms with van der Waals surface area (Å²) in [7, 11) is 0. The van der Waals surface area contributed by atoms with Crippen molar-refractivity contribution in [1.82, 2.24) is 25.0 Å². The summed E-state index contributed by atoms with van der Waals surface area (Å²) in [6.07, 6.45) is 3.78. The monoisotopic (exact) mass is 483 g/mol. The van der Waals surface area contributed by atoms with Crippen molar-refractivity contribution in [2.75, 3.05) is 18.8 Å². The molecule has 1 unspecified atom stereocenters. The minimum absolute atomic E-state index is 0.0331. The number of aromatic nitrogens is 3. The van der Waals surface area contributed by atoms with Gasteiger partial charge in [0.15, 0.2) is 5.16 Å². The van der Waals surface area contributed by atoms with Gasteiger partial charge in [-0.25, -0.2) is 0 Å². The highest BCUT2D eigenvalue weighted by Crippen LogP contribution is 2.22. The Bertz CT molecular complexity index is 1030. The minimum atomic E-state index is -0.0905. The van der Waals surface area contributed by atoms with Crippen LogP contribution in [0.5, 0.6) is 0 Å². The molecule has 0 aliphatic carbocycles. The maximum absolute atomic E-state index is 12.6. The molecule has 3 aromatic rings. The van der Waals surface area contributed by atoms with Gasteiger partial charge in [0.05, 0.1) is 24.9 Å². The summed E-state index contributed by atoms with van der Waals surface area (Å²) in [6, 6.07) is 17.8. The molecular weight excluding hydrogens is 454 g/mol. The first-order chi connectivity index (χ1) is 16.1. The Morgan fingerprint density at radius 1 is 1.03 bits per heavy atom. The molecule has 8 heteroatoms. The first-order valence-corrected chi connectivity index (χ1v) is 12.8. The van der Waals surface area contributed by atoms with Crippen LogP contribution in [-0.2, 0) is 17.9 Å². The van der Waals surface area contributed by atoms with E-state index in [-0.39, 0.29) is 17.7 Å². The van der Waals surface area contributed by atoms with E-state index in [1.807, 2.05) is 49.4 Å². The van der Waals surface area contributed by atoms with Gasteiger partial charge in [0.2, 0.25) is 5.91 Å². The second-order valence-electron chi connectivity index (χ2n) is 8.44. The highest BCUT2D eigenvalue weighted by molar-refractivity contribution is 7.99. The van der Waals surface area contributed by atoms with Crippen molar-refractivity contribution in [2.45, 2.75) is 50.5 Å². The van der Waals surface area contributed by atoms with E-state index >= 15 is 0 Å². The van der Waals surface area contributed by atoms with E-state index in [0.29, 0.717) is 11.6 Å². The van der Waals surface area contributed by atoms with Crippen molar-refractivity contribution in [1.29, 1.82) is 0 Å². The molecule has 1 aliphatic rings. The van der Waals surface area contributed by atoms with Gasteiger partial charge in [-0.05, 0) is 56.1 Å². The summed E-state index contributed by atoms with van der Waals surface area (Å²) in [5, 5.41) is 13.5. The lowest BCUT2D eigenvalue weighted by Gasteiger charge is -2.26. The zero-order chi connectivity index (χ0) is 23.0. The van der Waals surface area contributed by atoms with Crippen LogP contribution >= 0.6 is 23.4 Å². The summed E-state index contributed by atoms with van der Waals surface area (Å²) in [6.45, 7) is 5.67. The van der Waals surface area contributed by atoms with Gasteiger partial charge in [0.1, 0.15) is 5.82 Å². The Morgan fingerprint density at radius 2 is 1.76 bits per heavy atom. The number of nitrogens with zero attached hydrogens (tertiary/aromatic N) is 4. The summed E-state index contributed by atoms with van der Waals surface area (Å²) in [5.74, 6) is 1.21. The van der Waals surface area contributed by atoms with E-state index in [4.69, 9.17) is 11.6 Å². The third-order valence-corrected chi connectivity index (χ3v) is 7.09. The number of nitrogens with one attached hydrogen (secondary N) is 1. The lowest BCUT2D eigenvalue weighted by Crippen LogP contribution is -2.30. The Kier molecular flexibility index (Phi) is 8.42. The zero-order valence-electron chi connectivity index (χ0n) is 18.9. The molecule has 2 heterocycles. The van der Waals surface area contributed by atoms with Crippen LogP contribution in [0.25, 0.3) is 0 Å². The molecule has 1 saturated heterocycles. The molecule has 2 aromatic carbocycles. The molecule has 4 rings (SSSR count). The van der Waals surface area contributed by atoms with E-state index in [1.54, 1.807) is 0 Å². The van der Waals surface area contributed by atoms with Crippen molar-refractivity contribution in [2.24, 2.45) is 0 Å². The number of amides is 1. The SMILES string of the molecule is CC(NC(=O)CSc1nnc(CN2CCCCC2)n1Cc1ccccc1)c1ccc(Cl)cc1. The fraction of sp³-hybridized carbons (Fsp3) is 0.400. The van der Waals surface area contributed by atoms with Gasteiger partial charge in [-0.2, -0.15) is 0 Å². The van der Waals surface area contributed by atoms with E-state index in [0.717, 1.165) is 36.2 Å². The third kappa shape index (κ3) is 6.82. The van der Waals surface area contributed by atoms with Crippen LogP contribution in [0.3, 0.4) is 0 Å². The van der Waals surface area contributed by atoms with E-state index in [1.165, 1.54) is 36.6 Å². The topological polar surface area (TPSA) is 63.1 Å². The number of carbonyl (C=O) groups excluding carboxylic acids is 1. The normalized spacial score (nSPS) is 15.3. The number of rotatable bonds is 9. The average Bonchev–Trinajstić information content (AvgIpc) is 3.20. The van der Waals surface area contributed by atoms with Crippen LogP contribution in [0.4, 0.5) is 0 Å². The maximum atomic E-state index is 12.6. The third-order valence-electron chi connectivity index (χ3n) is 5.87. The summed E-state index contributed by atoms with van der Waals surface area (Å²) < 4.78 is 2.16. The van der Waals surface area contributed by atoms with Crippen molar-refractivity contribution in [3.8, 4) is 0 Å². The van der Waals surface area contributed by atoms with Crippen molar-refractivity contribution in [3.63, 3.8) is 0 Å². The van der Waals surface area contributed by atoms with Gasteiger partial charge in [0.25, 0.3) is 0 Å². The second-order valence-corrected chi connectivity index (χ2v) is 9.82. The number of thioether (sulfide) groups is 1. The molecule has 0 spiro atoms. The first kappa shape index (κ1) is 23.8. The molecule has 1 amide bonds. The Hall–Kier alpha value is -2.35. The van der Waals surface area contributed by atoms with Crippen LogP contribution in [0.1, 0.15) is 49.2 Å². The Labute approximate surface area is 204 Å². The van der Waals surface area contributed by atoms with Gasteiger partial charge in [-0.1, -0.05) is 72.2 Å². The predicted octanol–water partition coefficient (Wildman–Crippen LogP) is 4.94. The van der Waals surface area contributed by atoms with Gasteiger partial charge < -0.3 is 9.88 Å². The highest BCUT2D eigenvalue weighted by Gasteiger charge is 2.19. The van der Waals surface area contributed by atoms with Crippen LogP contribution in [0.2, 0.25) is 5.02 Å². The zero-order valence-corrected chi connectivity index (χ0v) is 20.5. The molecule has 33 heavy (non-hydrogen) atoms. The molecule has 1 fully saturated rings. The maximum Gasteiger partial charge on any atom is 0.230 e. The molecule has 0 radical (unpaired) electrons. The molecule has 174 valence electrons. The van der Waals surface area contributed by atoms with Crippen molar-refractivity contribution in [3.05, 3.63) is 76.6 Å². The molecule has 0 saturated carbocycles. The number of hydrogen-bond donors (Lipinski definition) is 1. The molecule has 6 nitrogen and oxygen atoms in total. The Balaban J connectivity index is 1.42. The molecule has 1 atom stereocenters. The second kappa shape index (κ2) is 11.7. The summed E-state index contributed by atoms with van der Waals surface area (Å²) in [4.78, 5) is 15.1. The lowest BCUT2D eigenvalue weighted by molar-refractivity contribution is -0.119. The quantitative estimate of drug-likeness (QED) is 0.437. The van der Waals surface area contributed by atoms with Gasteiger partial charge in [-0.3, -0.25) is 9.69 Å². The van der Waals surface area contributed by atoms with Crippen LogP contribution < -0.4 is 5.32 Å². The van der Waals surface area contributed by atoms with Crippen molar-refractivity contribution < 1.29 is 4.79 Å². The Morgan fingerprint density at radius 3 is 2.48 bits per heavy atom. The number of piperidine rings is 1. The van der Waals surface area contributed by atoms with Crippen LogP contribution in [0.15, 0.2) is 59.8 Å². The standard InChI is InChI=1S/C25H30ClN5OS/c1-19(21-10-12-22(26)13-11-21)27-24(32)18-33-25-29-28-23(17-30-14-6-3-7-15-30)31(25)16-20-8-4-2-5-9-20/h2,4-5,8-13,19H,3,6-7,14-18H2,1H3,(H,27,32). The smallest absolute Gasteiger partial charge is 0.230 e. The highest BCUT2D eigenvalue weighted by atomic mass is 35.5. The summed E-state index contributed by atoms with van der Waals surface area (Å²) >= 11 is 7.40. The van der Waals surface area contributed by atoms with Gasteiger partial charge >= 0.3 is 0 Å². The molecule has 1 aliphatic heterocycles. The van der Waals surface area contributed by atoms with Gasteiger partial charge in [-0.15, -0.1) is 10.2 Å². The summed E-state index contributed by atoms with van der Waals surface area (Å²) in [5.41, 5.74) is 2.22. The molecule has 1 N–H and O–H groups in total. The van der Waals surface area contributed by atoms with Crippen molar-refractivity contribution >= 4 is 29.3 Å². The minimum Gasteiger partial charge on any atom is -0.349 e. The van der Waals surface area contributed by atoms with E-state index in [9.17, 15) is 4.79 Å². The van der Waals surface area contributed by atoms with E-state index < -0.39 is 0 Å². The number of carbonyl (C=O) groups is 1.